The molecule has 1 aromatic rings. The Labute approximate surface area is 113 Å². The van der Waals surface area contributed by atoms with E-state index < -0.39 is 5.97 Å². The van der Waals surface area contributed by atoms with Crippen LogP contribution in [0.4, 0.5) is 5.69 Å². The minimum atomic E-state index is -0.710. The van der Waals surface area contributed by atoms with Gasteiger partial charge in [-0.3, -0.25) is 4.79 Å². The number of carboxylic acids is 1. The topological polar surface area (TPSA) is 49.8 Å². The van der Waals surface area contributed by atoms with E-state index >= 15 is 0 Å². The Morgan fingerprint density at radius 1 is 1.42 bits per heavy atom. The van der Waals surface area contributed by atoms with Crippen LogP contribution in [0.2, 0.25) is 0 Å². The molecule has 0 spiro atoms. The maximum atomic E-state index is 11.3. The molecule has 102 valence electrons. The number of fused-ring (bicyclic) bond motifs is 3. The van der Waals surface area contributed by atoms with Crippen molar-refractivity contribution in [3.8, 4) is 5.75 Å². The number of anilines is 1. The van der Waals surface area contributed by atoms with Crippen molar-refractivity contribution >= 4 is 11.7 Å². The molecule has 0 bridgehead atoms. The van der Waals surface area contributed by atoms with E-state index in [2.05, 4.69) is 18.0 Å². The van der Waals surface area contributed by atoms with Crippen LogP contribution in [0.1, 0.15) is 24.0 Å². The van der Waals surface area contributed by atoms with Crippen molar-refractivity contribution in [3.63, 3.8) is 0 Å². The number of carboxylic acid groups (broad SMARTS) is 1. The lowest BCUT2D eigenvalue weighted by Crippen LogP contribution is -2.26. The van der Waals surface area contributed by atoms with E-state index in [1.165, 1.54) is 11.3 Å². The lowest BCUT2D eigenvalue weighted by Gasteiger charge is -2.30. The third-order valence-electron chi connectivity index (χ3n) is 4.22. The van der Waals surface area contributed by atoms with Crippen molar-refractivity contribution in [2.45, 2.75) is 25.7 Å². The third-order valence-corrected chi connectivity index (χ3v) is 4.22. The van der Waals surface area contributed by atoms with Crippen molar-refractivity contribution < 1.29 is 14.6 Å². The standard InChI is InChI=1S/C15H19NO3/c1-16-7-2-3-11-12-9-10(15(17)18)6-8-19-14(12)5-4-13(11)16/h4-5,10H,2-3,6-9H2,1H3,(H,17,18). The van der Waals surface area contributed by atoms with Crippen molar-refractivity contribution in [1.82, 2.24) is 0 Å². The number of hydrogen-bond donors (Lipinski definition) is 1. The summed E-state index contributed by atoms with van der Waals surface area (Å²) in [6.45, 7) is 1.56. The fraction of sp³-hybridized carbons (Fsp3) is 0.533. The molecule has 1 unspecified atom stereocenters. The highest BCUT2D eigenvalue weighted by Crippen LogP contribution is 2.37. The minimum Gasteiger partial charge on any atom is -0.493 e. The number of carbonyl (C=O) groups is 1. The molecule has 1 N–H and O–H groups in total. The van der Waals surface area contributed by atoms with Crippen molar-refractivity contribution in [3.05, 3.63) is 23.3 Å². The van der Waals surface area contributed by atoms with Gasteiger partial charge in [-0.25, -0.2) is 0 Å². The molecule has 2 aliphatic rings. The average Bonchev–Trinajstić information content (AvgIpc) is 2.61. The quantitative estimate of drug-likeness (QED) is 0.841. The number of rotatable bonds is 1. The first kappa shape index (κ1) is 12.3. The molecule has 4 nitrogen and oxygen atoms in total. The Morgan fingerprint density at radius 2 is 2.26 bits per heavy atom. The summed E-state index contributed by atoms with van der Waals surface area (Å²) in [5.74, 6) is -0.143. The lowest BCUT2D eigenvalue weighted by atomic mass is 9.89. The predicted molar refractivity (Wildman–Crippen MR) is 73.0 cm³/mol. The predicted octanol–water partition coefficient (Wildman–Crippen LogP) is 2.09. The van der Waals surface area contributed by atoms with Gasteiger partial charge in [0.25, 0.3) is 0 Å². The zero-order valence-corrected chi connectivity index (χ0v) is 11.2. The van der Waals surface area contributed by atoms with E-state index in [1.807, 2.05) is 6.07 Å². The Morgan fingerprint density at radius 3 is 3.05 bits per heavy atom. The van der Waals surface area contributed by atoms with Crippen LogP contribution in [0.5, 0.6) is 5.75 Å². The Bertz CT molecular complexity index is 512. The molecule has 0 aliphatic carbocycles. The van der Waals surface area contributed by atoms with Gasteiger partial charge in [0.15, 0.2) is 0 Å². The van der Waals surface area contributed by atoms with Gasteiger partial charge >= 0.3 is 5.97 Å². The van der Waals surface area contributed by atoms with Gasteiger partial charge in [0, 0.05) is 24.8 Å². The van der Waals surface area contributed by atoms with Crippen molar-refractivity contribution in [2.75, 3.05) is 25.1 Å². The first-order valence-electron chi connectivity index (χ1n) is 6.88. The second-order valence-electron chi connectivity index (χ2n) is 5.44. The number of aliphatic carboxylic acids is 1. The molecule has 3 rings (SSSR count). The lowest BCUT2D eigenvalue weighted by molar-refractivity contribution is -0.142. The number of benzene rings is 1. The summed E-state index contributed by atoms with van der Waals surface area (Å²) in [6, 6.07) is 4.11. The van der Waals surface area contributed by atoms with E-state index in [0.29, 0.717) is 19.4 Å². The third kappa shape index (κ3) is 2.15. The summed E-state index contributed by atoms with van der Waals surface area (Å²) in [6.07, 6.45) is 3.34. The molecular formula is C15H19NO3. The number of ether oxygens (including phenoxy) is 1. The Hall–Kier alpha value is -1.71. The molecule has 0 aromatic heterocycles. The monoisotopic (exact) mass is 261 g/mol. The zero-order valence-electron chi connectivity index (χ0n) is 11.2. The van der Waals surface area contributed by atoms with Crippen LogP contribution >= 0.6 is 0 Å². The van der Waals surface area contributed by atoms with Gasteiger partial charge in [0.2, 0.25) is 0 Å². The van der Waals surface area contributed by atoms with E-state index in [-0.39, 0.29) is 5.92 Å². The van der Waals surface area contributed by atoms with Crippen LogP contribution in [0.25, 0.3) is 0 Å². The molecular weight excluding hydrogens is 242 g/mol. The van der Waals surface area contributed by atoms with Gasteiger partial charge in [-0.1, -0.05) is 0 Å². The Balaban J connectivity index is 2.05. The first-order valence-corrected chi connectivity index (χ1v) is 6.88. The molecule has 4 heteroatoms. The summed E-state index contributed by atoms with van der Waals surface area (Å²) in [5, 5.41) is 9.28. The summed E-state index contributed by atoms with van der Waals surface area (Å²) in [7, 11) is 2.09. The molecule has 0 fully saturated rings. The van der Waals surface area contributed by atoms with E-state index in [4.69, 9.17) is 4.74 Å². The molecule has 0 radical (unpaired) electrons. The van der Waals surface area contributed by atoms with Gasteiger partial charge in [-0.2, -0.15) is 0 Å². The molecule has 1 atom stereocenters. The van der Waals surface area contributed by atoms with Gasteiger partial charge < -0.3 is 14.7 Å². The van der Waals surface area contributed by atoms with Gasteiger partial charge in [0.05, 0.1) is 12.5 Å². The largest absolute Gasteiger partial charge is 0.493 e. The van der Waals surface area contributed by atoms with Crippen LogP contribution in [-0.4, -0.2) is 31.3 Å². The van der Waals surface area contributed by atoms with Crippen LogP contribution in [0.3, 0.4) is 0 Å². The first-order chi connectivity index (χ1) is 9.16. The summed E-state index contributed by atoms with van der Waals surface area (Å²) >= 11 is 0. The smallest absolute Gasteiger partial charge is 0.306 e. The van der Waals surface area contributed by atoms with Crippen molar-refractivity contribution in [2.24, 2.45) is 5.92 Å². The second-order valence-corrected chi connectivity index (χ2v) is 5.44. The van der Waals surface area contributed by atoms with E-state index in [1.54, 1.807) is 0 Å². The molecule has 2 aliphatic heterocycles. The highest BCUT2D eigenvalue weighted by atomic mass is 16.5. The maximum Gasteiger partial charge on any atom is 0.306 e. The van der Waals surface area contributed by atoms with Crippen LogP contribution < -0.4 is 9.64 Å². The molecule has 0 saturated carbocycles. The fourth-order valence-electron chi connectivity index (χ4n) is 3.14. The second kappa shape index (κ2) is 4.76. The molecule has 1 aromatic carbocycles. The summed E-state index contributed by atoms with van der Waals surface area (Å²) < 4.78 is 5.75. The van der Waals surface area contributed by atoms with E-state index in [9.17, 15) is 9.90 Å². The molecule has 0 amide bonds. The molecule has 0 saturated heterocycles. The van der Waals surface area contributed by atoms with Crippen LogP contribution in [-0.2, 0) is 17.6 Å². The van der Waals surface area contributed by atoms with Crippen LogP contribution in [0, 0.1) is 5.92 Å². The number of nitrogens with zero attached hydrogens (tertiary/aromatic N) is 1. The maximum absolute atomic E-state index is 11.3. The highest BCUT2D eigenvalue weighted by Gasteiger charge is 2.27. The van der Waals surface area contributed by atoms with Crippen LogP contribution in [0.15, 0.2) is 12.1 Å². The SMILES string of the molecule is CN1CCCc2c1ccc1c2CC(C(=O)O)CCO1. The van der Waals surface area contributed by atoms with Gasteiger partial charge in [0.1, 0.15) is 5.75 Å². The normalized spacial score (nSPS) is 21.9. The minimum absolute atomic E-state index is 0.319. The van der Waals surface area contributed by atoms with Gasteiger partial charge in [-0.15, -0.1) is 0 Å². The summed E-state index contributed by atoms with van der Waals surface area (Å²) in [5.41, 5.74) is 3.65. The molecule has 19 heavy (non-hydrogen) atoms. The summed E-state index contributed by atoms with van der Waals surface area (Å²) in [4.78, 5) is 13.5. The molecule has 2 heterocycles. The average molecular weight is 261 g/mol. The van der Waals surface area contributed by atoms with Crippen molar-refractivity contribution in [1.29, 1.82) is 0 Å². The van der Waals surface area contributed by atoms with E-state index in [0.717, 1.165) is 30.7 Å². The Kier molecular flexibility index (Phi) is 3.09. The number of hydrogen-bond acceptors (Lipinski definition) is 3. The fourth-order valence-corrected chi connectivity index (χ4v) is 3.14. The van der Waals surface area contributed by atoms with Gasteiger partial charge in [-0.05, 0) is 43.4 Å². The zero-order chi connectivity index (χ0) is 13.4. The highest BCUT2D eigenvalue weighted by molar-refractivity contribution is 5.72.